The Balaban J connectivity index is 3.55. The van der Waals surface area contributed by atoms with Crippen molar-refractivity contribution in [1.82, 2.24) is 5.32 Å². The molecule has 332 valence electrons. The van der Waals surface area contributed by atoms with E-state index in [1.807, 2.05) is 6.08 Å². The predicted octanol–water partition coefficient (Wildman–Crippen LogP) is 14.7. The Morgan fingerprint density at radius 3 is 1.28 bits per heavy atom. The van der Waals surface area contributed by atoms with E-state index in [1.54, 1.807) is 6.08 Å². The monoisotopic (exact) mass is 798 g/mol. The van der Waals surface area contributed by atoms with Crippen LogP contribution in [0.4, 0.5) is 0 Å². The van der Waals surface area contributed by atoms with E-state index in [0.717, 1.165) is 51.4 Å². The highest BCUT2D eigenvalue weighted by Crippen LogP contribution is 2.16. The number of rotatable bonds is 44. The number of hydrogen-bond acceptors (Lipinski definition) is 4. The molecule has 0 aliphatic heterocycles. The van der Waals surface area contributed by atoms with E-state index in [-0.39, 0.29) is 18.9 Å². The van der Waals surface area contributed by atoms with Gasteiger partial charge in [0, 0.05) is 0 Å². The molecule has 0 aliphatic carbocycles. The second-order valence-electron chi connectivity index (χ2n) is 16.7. The molecule has 5 heteroatoms. The molecule has 0 heterocycles. The lowest BCUT2D eigenvalue weighted by Crippen LogP contribution is -2.45. The highest BCUT2D eigenvalue weighted by molar-refractivity contribution is 5.76. The quantitative estimate of drug-likeness (QED) is 0.0365. The average Bonchev–Trinajstić information content (AvgIpc) is 3.20. The van der Waals surface area contributed by atoms with Crippen LogP contribution in [0, 0.1) is 0 Å². The second kappa shape index (κ2) is 46.7. The molecule has 0 radical (unpaired) electrons. The van der Waals surface area contributed by atoms with Crippen molar-refractivity contribution in [2.45, 2.75) is 257 Å². The lowest BCUT2D eigenvalue weighted by atomic mass is 10.0. The molecular formula is C52H95NO4. The van der Waals surface area contributed by atoms with Gasteiger partial charge in [-0.1, -0.05) is 222 Å². The summed E-state index contributed by atoms with van der Waals surface area (Å²) in [5.41, 5.74) is 0. The molecule has 3 atom stereocenters. The van der Waals surface area contributed by atoms with Crippen LogP contribution >= 0.6 is 0 Å². The molecule has 0 aliphatic rings. The summed E-state index contributed by atoms with van der Waals surface area (Å²) in [5, 5.41) is 33.1. The van der Waals surface area contributed by atoms with E-state index in [1.165, 1.54) is 161 Å². The van der Waals surface area contributed by atoms with Gasteiger partial charge < -0.3 is 20.6 Å². The fourth-order valence-electron chi connectivity index (χ4n) is 7.23. The number of unbranched alkanes of at least 4 members (excludes halogenated alkanes) is 27. The zero-order valence-corrected chi connectivity index (χ0v) is 37.7. The van der Waals surface area contributed by atoms with Gasteiger partial charge in [0.25, 0.3) is 0 Å². The maximum absolute atomic E-state index is 12.4. The van der Waals surface area contributed by atoms with Crippen molar-refractivity contribution in [1.29, 1.82) is 0 Å². The van der Waals surface area contributed by atoms with Gasteiger partial charge in [0.1, 0.15) is 0 Å². The number of aliphatic hydroxyl groups is 3. The number of hydrogen-bond donors (Lipinski definition) is 4. The number of carbonyl (C=O) groups is 1. The van der Waals surface area contributed by atoms with Crippen molar-refractivity contribution in [3.05, 3.63) is 60.8 Å². The summed E-state index contributed by atoms with van der Waals surface area (Å²) in [6.45, 7) is 4.12. The maximum atomic E-state index is 12.4. The van der Waals surface area contributed by atoms with E-state index in [2.05, 4.69) is 67.8 Å². The Morgan fingerprint density at radius 1 is 0.456 bits per heavy atom. The minimum absolute atomic E-state index is 0.000714. The molecule has 5 nitrogen and oxygen atoms in total. The molecule has 0 rings (SSSR count). The summed E-state index contributed by atoms with van der Waals surface area (Å²) in [5.74, 6) is -0.332. The lowest BCUT2D eigenvalue weighted by molar-refractivity contribution is -0.124. The first kappa shape index (κ1) is 55.0. The molecule has 0 bridgehead atoms. The van der Waals surface area contributed by atoms with Crippen molar-refractivity contribution < 1.29 is 20.1 Å². The van der Waals surface area contributed by atoms with Gasteiger partial charge in [-0.15, -0.1) is 0 Å². The third-order valence-corrected chi connectivity index (χ3v) is 11.0. The summed E-state index contributed by atoms with van der Waals surface area (Å²) < 4.78 is 0. The average molecular weight is 798 g/mol. The van der Waals surface area contributed by atoms with Gasteiger partial charge in [-0.25, -0.2) is 0 Å². The maximum Gasteiger partial charge on any atom is 0.222 e. The zero-order chi connectivity index (χ0) is 41.5. The summed E-state index contributed by atoms with van der Waals surface area (Å²) >= 11 is 0. The standard InChI is InChI=1S/C52H95NO4/c1-3-5-7-9-11-13-15-16-17-18-19-20-21-22-23-24-25-26-27-28-29-30-31-32-33-34-36-37-39-41-43-45-49(55)47-52(57)53-50(48-54)51(56)46-44-42-40-38-35-14-12-10-8-6-4-2/h8,10,19-20,22-23,35,38,44,46,49-51,54-56H,3-7,9,11-18,21,24-34,36-37,39-43,45,47-48H2,1-2H3,(H,53,57)/b10-8+,20-19-,23-22-,38-35+,46-44+. The number of aliphatic hydroxyl groups excluding tert-OH is 3. The van der Waals surface area contributed by atoms with E-state index >= 15 is 0 Å². The van der Waals surface area contributed by atoms with Gasteiger partial charge in [-0.05, 0) is 70.6 Å². The van der Waals surface area contributed by atoms with Crippen LogP contribution in [0.5, 0.6) is 0 Å². The Bertz CT molecular complexity index is 969. The number of allylic oxidation sites excluding steroid dienone is 9. The van der Waals surface area contributed by atoms with Crippen molar-refractivity contribution in [3.63, 3.8) is 0 Å². The van der Waals surface area contributed by atoms with Crippen LogP contribution in [0.2, 0.25) is 0 Å². The molecule has 1 amide bonds. The Kier molecular flexibility index (Phi) is 45.1. The van der Waals surface area contributed by atoms with E-state index in [0.29, 0.717) is 6.42 Å². The fourth-order valence-corrected chi connectivity index (χ4v) is 7.23. The number of amides is 1. The van der Waals surface area contributed by atoms with Gasteiger partial charge in [0.15, 0.2) is 0 Å². The predicted molar refractivity (Wildman–Crippen MR) is 250 cm³/mol. The van der Waals surface area contributed by atoms with Crippen molar-refractivity contribution in [2.75, 3.05) is 6.61 Å². The number of carbonyl (C=O) groups excluding carboxylic acids is 1. The minimum Gasteiger partial charge on any atom is -0.394 e. The van der Waals surface area contributed by atoms with E-state index in [9.17, 15) is 20.1 Å². The van der Waals surface area contributed by atoms with E-state index < -0.39 is 18.2 Å². The molecule has 0 spiro atoms. The molecule has 0 aromatic rings. The molecular weight excluding hydrogens is 703 g/mol. The lowest BCUT2D eigenvalue weighted by Gasteiger charge is -2.21. The Morgan fingerprint density at radius 2 is 0.842 bits per heavy atom. The van der Waals surface area contributed by atoms with Crippen LogP contribution in [-0.2, 0) is 4.79 Å². The van der Waals surface area contributed by atoms with Crippen LogP contribution in [0.15, 0.2) is 60.8 Å². The fraction of sp³-hybridized carbons (Fsp3) is 0.788. The van der Waals surface area contributed by atoms with Crippen LogP contribution in [0.1, 0.15) is 239 Å². The summed E-state index contributed by atoms with van der Waals surface area (Å²) in [4.78, 5) is 12.4. The molecule has 3 unspecified atom stereocenters. The van der Waals surface area contributed by atoms with Gasteiger partial charge in [0.05, 0.1) is 31.3 Å². The molecule has 0 saturated heterocycles. The highest BCUT2D eigenvalue weighted by Gasteiger charge is 2.20. The van der Waals surface area contributed by atoms with E-state index in [4.69, 9.17) is 0 Å². The van der Waals surface area contributed by atoms with Crippen LogP contribution in [0.3, 0.4) is 0 Å². The SMILES string of the molecule is CCC/C=C/CC/C=C/CC/C=C/C(O)C(CO)NC(=O)CC(O)CCCCCCCCCCCCCCCCC/C=C\C/C=C\CCCCCCCCCCC. The third-order valence-electron chi connectivity index (χ3n) is 11.0. The molecule has 0 aromatic carbocycles. The van der Waals surface area contributed by atoms with Gasteiger partial charge in [0.2, 0.25) is 5.91 Å². The molecule has 0 saturated carbocycles. The minimum atomic E-state index is -0.960. The molecule has 0 fully saturated rings. The first-order valence-electron chi connectivity index (χ1n) is 24.6. The van der Waals surface area contributed by atoms with Crippen molar-refractivity contribution >= 4 is 5.91 Å². The first-order valence-corrected chi connectivity index (χ1v) is 24.6. The van der Waals surface area contributed by atoms with Crippen LogP contribution in [0.25, 0.3) is 0 Å². The topological polar surface area (TPSA) is 89.8 Å². The van der Waals surface area contributed by atoms with Crippen molar-refractivity contribution in [2.24, 2.45) is 0 Å². The van der Waals surface area contributed by atoms with Crippen molar-refractivity contribution in [3.8, 4) is 0 Å². The molecule has 4 N–H and O–H groups in total. The second-order valence-corrected chi connectivity index (χ2v) is 16.7. The Labute approximate surface area is 354 Å². The summed E-state index contributed by atoms with van der Waals surface area (Å²) in [6.07, 6.45) is 62.6. The van der Waals surface area contributed by atoms with Crippen LogP contribution in [-0.4, -0.2) is 46.1 Å². The smallest absolute Gasteiger partial charge is 0.222 e. The summed E-state index contributed by atoms with van der Waals surface area (Å²) in [7, 11) is 0. The van der Waals surface area contributed by atoms with Gasteiger partial charge in [-0.3, -0.25) is 4.79 Å². The first-order chi connectivity index (χ1) is 28.0. The Hall–Kier alpha value is -1.95. The van der Waals surface area contributed by atoms with Crippen LogP contribution < -0.4 is 5.32 Å². The van der Waals surface area contributed by atoms with Gasteiger partial charge in [-0.2, -0.15) is 0 Å². The molecule has 0 aromatic heterocycles. The van der Waals surface area contributed by atoms with Gasteiger partial charge >= 0.3 is 0 Å². The normalized spacial score (nSPS) is 14.0. The highest BCUT2D eigenvalue weighted by atomic mass is 16.3. The zero-order valence-electron chi connectivity index (χ0n) is 37.7. The number of nitrogens with one attached hydrogen (secondary N) is 1. The third kappa shape index (κ3) is 43.5. The molecule has 57 heavy (non-hydrogen) atoms. The largest absolute Gasteiger partial charge is 0.394 e. The summed E-state index contributed by atoms with van der Waals surface area (Å²) in [6, 6.07) is -0.767.